The van der Waals surface area contributed by atoms with Crippen LogP contribution in [-0.4, -0.2) is 20.5 Å². The molecule has 30 heavy (non-hydrogen) atoms. The fourth-order valence-corrected chi connectivity index (χ4v) is 4.31. The third-order valence-electron chi connectivity index (χ3n) is 5.67. The van der Waals surface area contributed by atoms with Gasteiger partial charge >= 0.3 is 0 Å². The van der Waals surface area contributed by atoms with Crippen molar-refractivity contribution >= 4 is 11.7 Å². The van der Waals surface area contributed by atoms with Gasteiger partial charge in [0.1, 0.15) is 24.2 Å². The van der Waals surface area contributed by atoms with Crippen molar-refractivity contribution in [3.63, 3.8) is 0 Å². The molecule has 0 unspecified atom stereocenters. The lowest BCUT2D eigenvalue weighted by molar-refractivity contribution is -0.117. The molecule has 6 heteroatoms. The van der Waals surface area contributed by atoms with Gasteiger partial charge in [-0.25, -0.2) is 4.68 Å². The van der Waals surface area contributed by atoms with E-state index in [1.54, 1.807) is 0 Å². The van der Waals surface area contributed by atoms with E-state index in [0.717, 1.165) is 34.6 Å². The summed E-state index contributed by atoms with van der Waals surface area (Å²) >= 11 is 0. The Morgan fingerprint density at radius 3 is 2.63 bits per heavy atom. The molecule has 1 N–H and O–H groups in total. The average molecular weight is 400 g/mol. The van der Waals surface area contributed by atoms with Gasteiger partial charge in [-0.1, -0.05) is 49.4 Å². The average Bonchev–Trinajstić information content (AvgIpc) is 3.11. The van der Waals surface area contributed by atoms with Gasteiger partial charge in [0.15, 0.2) is 5.78 Å². The Labute approximate surface area is 175 Å². The van der Waals surface area contributed by atoms with Crippen LogP contribution in [0.2, 0.25) is 0 Å². The lowest BCUT2D eigenvalue weighted by Crippen LogP contribution is -2.33. The molecule has 0 saturated carbocycles. The van der Waals surface area contributed by atoms with Gasteiger partial charge in [0.05, 0.1) is 0 Å². The Balaban J connectivity index is 1.46. The molecule has 3 aromatic rings. The van der Waals surface area contributed by atoms with E-state index in [4.69, 9.17) is 4.74 Å². The summed E-state index contributed by atoms with van der Waals surface area (Å²) in [5, 5.41) is 7.93. The molecule has 152 valence electrons. The minimum Gasteiger partial charge on any atom is -0.489 e. The number of carbonyl (C=O) groups excluding carboxylic acids is 1. The number of aryl methyl sites for hydroxylation is 1. The highest BCUT2D eigenvalue weighted by Gasteiger charge is 2.38. The largest absolute Gasteiger partial charge is 0.489 e. The van der Waals surface area contributed by atoms with E-state index in [0.29, 0.717) is 30.7 Å². The molecule has 0 fully saturated rings. The molecule has 1 aliphatic heterocycles. The third-order valence-corrected chi connectivity index (χ3v) is 5.67. The molecule has 0 spiro atoms. The number of ether oxygens (including phenoxy) is 1. The number of aromatic nitrogens is 3. The summed E-state index contributed by atoms with van der Waals surface area (Å²) < 4.78 is 7.76. The number of ketones is 1. The van der Waals surface area contributed by atoms with Gasteiger partial charge in [-0.2, -0.15) is 10.1 Å². The highest BCUT2D eigenvalue weighted by atomic mass is 16.5. The van der Waals surface area contributed by atoms with Crippen LogP contribution >= 0.6 is 0 Å². The minimum absolute atomic E-state index is 0.185. The van der Waals surface area contributed by atoms with Crippen molar-refractivity contribution in [2.24, 2.45) is 5.92 Å². The molecule has 1 aliphatic carbocycles. The number of nitrogens with zero attached hydrogens (tertiary/aromatic N) is 3. The maximum atomic E-state index is 13.0. The Hall–Kier alpha value is -3.41. The summed E-state index contributed by atoms with van der Waals surface area (Å²) in [5.41, 5.74) is 3.92. The van der Waals surface area contributed by atoms with Gasteiger partial charge in [0.2, 0.25) is 5.95 Å². The fraction of sp³-hybridized carbons (Fsp3) is 0.292. The first-order valence-electron chi connectivity index (χ1n) is 10.3. The summed E-state index contributed by atoms with van der Waals surface area (Å²) in [6.45, 7) is 4.50. The standard InChI is InChI=1S/C24H24N4O2/c1-15-12-20-22(21(29)13-15)23(28-24(26-20)25-16(2)27-28)18-8-10-19(11-9-18)30-14-17-6-4-3-5-7-17/h3-11,15,23H,12-14H2,1-2H3,(H,25,26,27)/t15-,23+/m1/s1. The summed E-state index contributed by atoms with van der Waals surface area (Å²) in [5.74, 6) is 2.69. The van der Waals surface area contributed by atoms with E-state index in [2.05, 4.69) is 22.3 Å². The first-order valence-corrected chi connectivity index (χ1v) is 10.3. The predicted octanol–water partition coefficient (Wildman–Crippen LogP) is 4.43. The number of carbonyl (C=O) groups is 1. The Bertz CT molecular complexity index is 1120. The van der Waals surface area contributed by atoms with Crippen molar-refractivity contribution in [1.82, 2.24) is 14.8 Å². The van der Waals surface area contributed by atoms with E-state index < -0.39 is 0 Å². The molecule has 2 aromatic carbocycles. The molecule has 5 rings (SSSR count). The number of hydrogen-bond acceptors (Lipinski definition) is 5. The second-order valence-electron chi connectivity index (χ2n) is 8.13. The van der Waals surface area contributed by atoms with Crippen LogP contribution in [0.5, 0.6) is 5.75 Å². The SMILES string of the molecule is Cc1nc2n(n1)[C@@H](c1ccc(OCc3ccccc3)cc1)C1=C(C[C@@H](C)CC1=O)N2. The molecule has 0 bridgehead atoms. The Morgan fingerprint density at radius 1 is 1.10 bits per heavy atom. The van der Waals surface area contributed by atoms with Crippen LogP contribution in [0.15, 0.2) is 65.9 Å². The molecule has 0 amide bonds. The summed E-state index contributed by atoms with van der Waals surface area (Å²) in [4.78, 5) is 17.5. The van der Waals surface area contributed by atoms with Gasteiger partial charge in [-0.05, 0) is 42.5 Å². The highest BCUT2D eigenvalue weighted by molar-refractivity contribution is 5.99. The van der Waals surface area contributed by atoms with Crippen molar-refractivity contribution in [1.29, 1.82) is 0 Å². The number of hydrogen-bond donors (Lipinski definition) is 1. The number of Topliss-reactive ketones (excluding diaryl/α,β-unsaturated/α-hetero) is 1. The molecule has 0 radical (unpaired) electrons. The lowest BCUT2D eigenvalue weighted by atomic mass is 9.81. The Kier molecular flexibility index (Phi) is 4.62. The van der Waals surface area contributed by atoms with E-state index in [1.165, 1.54) is 0 Å². The predicted molar refractivity (Wildman–Crippen MR) is 114 cm³/mol. The Morgan fingerprint density at radius 2 is 1.87 bits per heavy atom. The van der Waals surface area contributed by atoms with Gasteiger partial charge in [-0.3, -0.25) is 4.79 Å². The maximum absolute atomic E-state index is 13.0. The van der Waals surface area contributed by atoms with Gasteiger partial charge < -0.3 is 10.1 Å². The zero-order valence-corrected chi connectivity index (χ0v) is 17.1. The van der Waals surface area contributed by atoms with E-state index in [1.807, 2.05) is 66.2 Å². The maximum Gasteiger partial charge on any atom is 0.226 e. The highest BCUT2D eigenvalue weighted by Crippen LogP contribution is 2.41. The quantitative estimate of drug-likeness (QED) is 0.701. The number of rotatable bonds is 4. The molecule has 0 saturated heterocycles. The second kappa shape index (κ2) is 7.44. The molecule has 2 aliphatic rings. The zero-order valence-electron chi connectivity index (χ0n) is 17.1. The second-order valence-corrected chi connectivity index (χ2v) is 8.13. The molecular weight excluding hydrogens is 376 g/mol. The zero-order chi connectivity index (χ0) is 20.7. The van der Waals surface area contributed by atoms with Crippen molar-refractivity contribution in [3.8, 4) is 5.75 Å². The van der Waals surface area contributed by atoms with Crippen molar-refractivity contribution in [2.75, 3.05) is 5.32 Å². The third kappa shape index (κ3) is 3.38. The first kappa shape index (κ1) is 18.6. The number of fused-ring (bicyclic) bond motifs is 1. The number of anilines is 1. The fourth-order valence-electron chi connectivity index (χ4n) is 4.31. The summed E-state index contributed by atoms with van der Waals surface area (Å²) in [6.07, 6.45) is 1.42. The molecule has 1 aromatic heterocycles. The molecule has 2 heterocycles. The van der Waals surface area contributed by atoms with E-state index >= 15 is 0 Å². The molecule has 6 nitrogen and oxygen atoms in total. The van der Waals surface area contributed by atoms with Crippen LogP contribution in [0.4, 0.5) is 5.95 Å². The van der Waals surface area contributed by atoms with Crippen LogP contribution < -0.4 is 10.1 Å². The monoisotopic (exact) mass is 400 g/mol. The van der Waals surface area contributed by atoms with E-state index in [-0.39, 0.29) is 11.8 Å². The van der Waals surface area contributed by atoms with Crippen LogP contribution in [0, 0.1) is 12.8 Å². The number of benzene rings is 2. The summed E-state index contributed by atoms with van der Waals surface area (Å²) in [6, 6.07) is 17.8. The lowest BCUT2D eigenvalue weighted by Gasteiger charge is -2.34. The van der Waals surface area contributed by atoms with Crippen LogP contribution in [0.1, 0.15) is 42.8 Å². The van der Waals surface area contributed by atoms with Gasteiger partial charge in [0.25, 0.3) is 0 Å². The van der Waals surface area contributed by atoms with Crippen molar-refractivity contribution in [2.45, 2.75) is 39.3 Å². The van der Waals surface area contributed by atoms with E-state index in [9.17, 15) is 4.79 Å². The van der Waals surface area contributed by atoms with Gasteiger partial charge in [-0.15, -0.1) is 0 Å². The normalized spacial score (nSPS) is 20.4. The summed E-state index contributed by atoms with van der Waals surface area (Å²) in [7, 11) is 0. The van der Waals surface area contributed by atoms with Crippen LogP contribution in [0.25, 0.3) is 0 Å². The smallest absolute Gasteiger partial charge is 0.226 e. The van der Waals surface area contributed by atoms with Crippen molar-refractivity contribution in [3.05, 3.63) is 82.8 Å². The molecule has 2 atom stereocenters. The number of nitrogens with one attached hydrogen (secondary N) is 1. The van der Waals surface area contributed by atoms with Gasteiger partial charge in [0, 0.05) is 17.7 Å². The number of allylic oxidation sites excluding steroid dienone is 2. The van der Waals surface area contributed by atoms with Crippen LogP contribution in [0.3, 0.4) is 0 Å². The molecular formula is C24H24N4O2. The van der Waals surface area contributed by atoms with Crippen molar-refractivity contribution < 1.29 is 9.53 Å². The minimum atomic E-state index is -0.263. The van der Waals surface area contributed by atoms with Crippen LogP contribution in [-0.2, 0) is 11.4 Å². The first-order chi connectivity index (χ1) is 14.6. The topological polar surface area (TPSA) is 69.0 Å².